The van der Waals surface area contributed by atoms with Gasteiger partial charge in [-0.05, 0) is 26.7 Å². The number of piperidine rings is 1. The summed E-state index contributed by atoms with van der Waals surface area (Å²) in [5.74, 6) is 3.49. The maximum atomic E-state index is 4.57. The third-order valence-corrected chi connectivity index (χ3v) is 3.95. The zero-order valence-corrected chi connectivity index (χ0v) is 10.6. The van der Waals surface area contributed by atoms with E-state index in [4.69, 9.17) is 0 Å². The van der Waals surface area contributed by atoms with Crippen LogP contribution in [0.5, 0.6) is 0 Å². The predicted molar refractivity (Wildman–Crippen MR) is 67.0 cm³/mol. The minimum absolute atomic E-state index is 0.645. The Bertz CT molecular complexity index is 394. The molecule has 0 atom stereocenters. The summed E-state index contributed by atoms with van der Waals surface area (Å²) in [7, 11) is 0. The number of nitrogens with one attached hydrogen (secondary N) is 1. The van der Waals surface area contributed by atoms with Crippen LogP contribution in [-0.2, 0) is 0 Å². The van der Waals surface area contributed by atoms with Gasteiger partial charge >= 0.3 is 0 Å². The van der Waals surface area contributed by atoms with Crippen LogP contribution in [0.25, 0.3) is 0 Å². The van der Waals surface area contributed by atoms with Crippen LogP contribution in [0.3, 0.4) is 0 Å². The Balaban J connectivity index is 1.87. The molecule has 1 aromatic heterocycles. The van der Waals surface area contributed by atoms with Crippen molar-refractivity contribution in [2.24, 2.45) is 0 Å². The van der Waals surface area contributed by atoms with Crippen molar-refractivity contribution in [1.82, 2.24) is 15.4 Å². The molecule has 0 amide bonds. The average Bonchev–Trinajstić information content (AvgIpc) is 2.74. The molecule has 16 heavy (non-hydrogen) atoms. The second-order valence-electron chi connectivity index (χ2n) is 4.08. The van der Waals surface area contributed by atoms with Gasteiger partial charge in [0.05, 0.1) is 5.01 Å². The number of hydrazine groups is 1. The predicted octanol–water partition coefficient (Wildman–Crippen LogP) is 2.12. The summed E-state index contributed by atoms with van der Waals surface area (Å²) >= 11 is 1.80. The first-order valence-corrected chi connectivity index (χ1v) is 6.52. The molecule has 1 N–H and O–H groups in total. The monoisotopic (exact) mass is 235 g/mol. The van der Waals surface area contributed by atoms with E-state index in [1.54, 1.807) is 11.3 Å². The summed E-state index contributed by atoms with van der Waals surface area (Å²) in [6.07, 6.45) is 2.34. The molecule has 0 spiro atoms. The van der Waals surface area contributed by atoms with Crippen molar-refractivity contribution in [3.63, 3.8) is 0 Å². The Morgan fingerprint density at radius 3 is 2.81 bits per heavy atom. The molecule has 0 aliphatic carbocycles. The first-order chi connectivity index (χ1) is 7.79. The van der Waals surface area contributed by atoms with Crippen molar-refractivity contribution in [2.75, 3.05) is 13.1 Å². The molecule has 1 saturated heterocycles. The highest BCUT2D eigenvalue weighted by molar-refractivity contribution is 7.09. The van der Waals surface area contributed by atoms with Crippen LogP contribution in [0, 0.1) is 18.9 Å². The van der Waals surface area contributed by atoms with E-state index in [1.807, 2.05) is 6.92 Å². The molecule has 1 fully saturated rings. The van der Waals surface area contributed by atoms with Gasteiger partial charge in [0.15, 0.2) is 0 Å². The summed E-state index contributed by atoms with van der Waals surface area (Å²) in [5, 5.41) is 5.63. The molecular formula is C12H17N3S. The van der Waals surface area contributed by atoms with Crippen molar-refractivity contribution < 1.29 is 0 Å². The average molecular weight is 235 g/mol. The van der Waals surface area contributed by atoms with Gasteiger partial charge in [-0.15, -0.1) is 11.3 Å². The Labute approximate surface area is 101 Å². The Kier molecular flexibility index (Phi) is 3.81. The summed E-state index contributed by atoms with van der Waals surface area (Å²) in [4.78, 5) is 4.57. The van der Waals surface area contributed by atoms with Gasteiger partial charge < -0.3 is 0 Å². The molecule has 0 aromatic carbocycles. The fourth-order valence-corrected chi connectivity index (χ4v) is 2.90. The maximum Gasteiger partial charge on any atom is 0.0960 e. The van der Waals surface area contributed by atoms with Gasteiger partial charge in [0.25, 0.3) is 0 Å². The first kappa shape index (κ1) is 11.4. The van der Waals surface area contributed by atoms with E-state index in [0.29, 0.717) is 5.92 Å². The van der Waals surface area contributed by atoms with Crippen LogP contribution in [0.4, 0.5) is 0 Å². The number of thiazole rings is 1. The van der Waals surface area contributed by atoms with Crippen molar-refractivity contribution in [1.29, 1.82) is 0 Å². The third-order valence-electron chi connectivity index (χ3n) is 2.82. The molecule has 2 rings (SSSR count). The summed E-state index contributed by atoms with van der Waals surface area (Å²) < 4.78 is 0. The standard InChI is InChI=1S/C12H17N3S/c1-3-6-13-15-7-4-11(5-8-15)12-14-10(2)9-16-12/h9,11,13H,4-5,7-8H2,1-2H3. The summed E-state index contributed by atoms with van der Waals surface area (Å²) in [6, 6.07) is 2.89. The van der Waals surface area contributed by atoms with Gasteiger partial charge in [0, 0.05) is 36.1 Å². The molecule has 0 bridgehead atoms. The highest BCUT2D eigenvalue weighted by Crippen LogP contribution is 2.29. The van der Waals surface area contributed by atoms with Crippen LogP contribution >= 0.6 is 11.3 Å². The van der Waals surface area contributed by atoms with E-state index in [1.165, 1.54) is 17.8 Å². The quantitative estimate of drug-likeness (QED) is 0.628. The van der Waals surface area contributed by atoms with Crippen LogP contribution < -0.4 is 5.43 Å². The van der Waals surface area contributed by atoms with E-state index in [-0.39, 0.29) is 0 Å². The summed E-state index contributed by atoms with van der Waals surface area (Å²) in [5.41, 5.74) is 4.25. The van der Waals surface area contributed by atoms with E-state index in [9.17, 15) is 0 Å². The Morgan fingerprint density at radius 2 is 2.25 bits per heavy atom. The molecule has 0 unspecified atom stereocenters. The maximum absolute atomic E-state index is 4.57. The van der Waals surface area contributed by atoms with Crippen LogP contribution in [0.1, 0.15) is 36.4 Å². The smallest absolute Gasteiger partial charge is 0.0960 e. The van der Waals surface area contributed by atoms with E-state index >= 15 is 0 Å². The van der Waals surface area contributed by atoms with E-state index in [2.05, 4.69) is 39.7 Å². The number of aromatic nitrogens is 1. The van der Waals surface area contributed by atoms with Gasteiger partial charge in [-0.25, -0.2) is 9.99 Å². The fourth-order valence-electron chi connectivity index (χ4n) is 1.93. The number of aryl methyl sites for hydroxylation is 1. The molecule has 1 aliphatic rings. The van der Waals surface area contributed by atoms with E-state index in [0.717, 1.165) is 18.8 Å². The van der Waals surface area contributed by atoms with Crippen molar-refractivity contribution >= 4 is 11.3 Å². The molecular weight excluding hydrogens is 218 g/mol. The van der Waals surface area contributed by atoms with Crippen LogP contribution in [0.15, 0.2) is 5.38 Å². The zero-order chi connectivity index (χ0) is 11.4. The Morgan fingerprint density at radius 1 is 1.50 bits per heavy atom. The largest absolute Gasteiger partial charge is 0.278 e. The lowest BCUT2D eigenvalue weighted by atomic mass is 9.98. The molecule has 4 heteroatoms. The lowest BCUT2D eigenvalue weighted by molar-refractivity contribution is 0.175. The second-order valence-corrected chi connectivity index (χ2v) is 4.96. The number of rotatable bonds is 2. The second kappa shape index (κ2) is 5.33. The Hall–Kier alpha value is -1.05. The normalized spacial score (nSPS) is 17.9. The zero-order valence-electron chi connectivity index (χ0n) is 9.79. The molecule has 1 aliphatic heterocycles. The van der Waals surface area contributed by atoms with Gasteiger partial charge in [-0.1, -0.05) is 5.92 Å². The number of nitrogens with zero attached hydrogens (tertiary/aromatic N) is 2. The highest BCUT2D eigenvalue weighted by Gasteiger charge is 2.22. The molecule has 86 valence electrons. The van der Waals surface area contributed by atoms with Crippen LogP contribution in [0.2, 0.25) is 0 Å². The van der Waals surface area contributed by atoms with Crippen molar-refractivity contribution in [3.05, 3.63) is 16.1 Å². The van der Waals surface area contributed by atoms with Gasteiger partial charge in [-0.2, -0.15) is 0 Å². The molecule has 1 aromatic rings. The minimum Gasteiger partial charge on any atom is -0.278 e. The molecule has 0 saturated carbocycles. The van der Waals surface area contributed by atoms with Crippen LogP contribution in [-0.4, -0.2) is 23.1 Å². The van der Waals surface area contributed by atoms with Gasteiger partial charge in [0.1, 0.15) is 0 Å². The minimum atomic E-state index is 0.645. The third kappa shape index (κ3) is 2.75. The van der Waals surface area contributed by atoms with Gasteiger partial charge in [-0.3, -0.25) is 5.43 Å². The lowest BCUT2D eigenvalue weighted by Crippen LogP contribution is -2.40. The van der Waals surface area contributed by atoms with Crippen molar-refractivity contribution in [2.45, 2.75) is 32.6 Å². The number of hydrogen-bond donors (Lipinski definition) is 1. The molecule has 0 radical (unpaired) electrons. The topological polar surface area (TPSA) is 28.2 Å². The first-order valence-electron chi connectivity index (χ1n) is 5.64. The van der Waals surface area contributed by atoms with Gasteiger partial charge in [0.2, 0.25) is 0 Å². The fraction of sp³-hybridized carbons (Fsp3) is 0.583. The molecule has 2 heterocycles. The number of hydrogen-bond acceptors (Lipinski definition) is 4. The summed E-state index contributed by atoms with van der Waals surface area (Å²) in [6.45, 7) is 6.02. The van der Waals surface area contributed by atoms with E-state index < -0.39 is 0 Å². The highest BCUT2D eigenvalue weighted by atomic mass is 32.1. The lowest BCUT2D eigenvalue weighted by Gasteiger charge is -2.29. The van der Waals surface area contributed by atoms with Crippen molar-refractivity contribution in [3.8, 4) is 12.0 Å². The molecule has 3 nitrogen and oxygen atoms in total. The SMILES string of the molecule is CC#CNN1CCC(c2nc(C)cs2)CC1.